The van der Waals surface area contributed by atoms with Gasteiger partial charge in [-0.3, -0.25) is 0 Å². The van der Waals surface area contributed by atoms with E-state index < -0.39 is 5.60 Å². The normalized spacial score (nSPS) is 13.2. The molecule has 0 spiro atoms. The first-order valence-electron chi connectivity index (χ1n) is 7.21. The predicted octanol–water partition coefficient (Wildman–Crippen LogP) is 2.97. The molecule has 0 aliphatic carbocycles. The lowest BCUT2D eigenvalue weighted by atomic mass is 10.0. The predicted molar refractivity (Wildman–Crippen MR) is 88.4 cm³/mol. The van der Waals surface area contributed by atoms with E-state index >= 15 is 0 Å². The van der Waals surface area contributed by atoms with E-state index in [0.717, 1.165) is 10.6 Å². The maximum Gasteiger partial charge on any atom is 0.407 e. The van der Waals surface area contributed by atoms with Crippen molar-refractivity contribution in [1.29, 1.82) is 0 Å². The molecule has 0 fully saturated rings. The van der Waals surface area contributed by atoms with E-state index in [2.05, 4.69) is 24.5 Å². The quantitative estimate of drug-likeness (QED) is 0.754. The molecule has 1 amide bonds. The number of hydrogen-bond donors (Lipinski definition) is 3. The Bertz CT molecular complexity index is 452. The van der Waals surface area contributed by atoms with Crippen molar-refractivity contribution in [2.45, 2.75) is 52.8 Å². The Hall–Kier alpha value is -1.27. The van der Waals surface area contributed by atoms with Crippen molar-refractivity contribution in [2.24, 2.45) is 5.92 Å². The molecule has 0 aliphatic rings. The molecule has 1 rings (SSSR count). The molecule has 21 heavy (non-hydrogen) atoms. The SMILES string of the molecule is CC(C)C(CNC(=O)OC(C)(C)C)NCc1sccc1N. The second-order valence-electron chi connectivity index (χ2n) is 6.41. The molecule has 0 aliphatic heterocycles. The van der Waals surface area contributed by atoms with Gasteiger partial charge in [0.05, 0.1) is 0 Å². The highest BCUT2D eigenvalue weighted by Crippen LogP contribution is 2.18. The fourth-order valence-electron chi connectivity index (χ4n) is 1.77. The van der Waals surface area contributed by atoms with Gasteiger partial charge in [-0.1, -0.05) is 13.8 Å². The van der Waals surface area contributed by atoms with Crippen molar-refractivity contribution in [2.75, 3.05) is 12.3 Å². The van der Waals surface area contributed by atoms with Crippen LogP contribution in [0.2, 0.25) is 0 Å². The van der Waals surface area contributed by atoms with Gasteiger partial charge in [0.2, 0.25) is 0 Å². The Morgan fingerprint density at radius 2 is 2.10 bits per heavy atom. The van der Waals surface area contributed by atoms with Crippen LogP contribution in [0.4, 0.5) is 10.5 Å². The number of nitrogen functional groups attached to an aromatic ring is 1. The molecule has 1 atom stereocenters. The summed E-state index contributed by atoms with van der Waals surface area (Å²) < 4.78 is 5.24. The molecule has 1 unspecified atom stereocenters. The second-order valence-corrected chi connectivity index (χ2v) is 7.41. The van der Waals surface area contributed by atoms with Gasteiger partial charge < -0.3 is 21.1 Å². The van der Waals surface area contributed by atoms with Gasteiger partial charge in [0.15, 0.2) is 0 Å². The van der Waals surface area contributed by atoms with Gasteiger partial charge in [-0.25, -0.2) is 4.79 Å². The van der Waals surface area contributed by atoms with Crippen LogP contribution in [-0.2, 0) is 11.3 Å². The molecule has 1 aromatic heterocycles. The average molecular weight is 313 g/mol. The summed E-state index contributed by atoms with van der Waals surface area (Å²) in [6, 6.07) is 2.07. The molecule has 120 valence electrons. The average Bonchev–Trinajstić information content (AvgIpc) is 2.72. The van der Waals surface area contributed by atoms with E-state index in [9.17, 15) is 4.79 Å². The fourth-order valence-corrected chi connectivity index (χ4v) is 2.52. The van der Waals surface area contributed by atoms with E-state index in [1.165, 1.54) is 0 Å². The lowest BCUT2D eigenvalue weighted by Crippen LogP contribution is -2.45. The van der Waals surface area contributed by atoms with Gasteiger partial charge in [-0.2, -0.15) is 0 Å². The molecule has 0 saturated heterocycles. The molecule has 0 aromatic carbocycles. The number of amides is 1. The van der Waals surface area contributed by atoms with Crippen molar-refractivity contribution >= 4 is 23.1 Å². The zero-order valence-corrected chi connectivity index (χ0v) is 14.3. The highest BCUT2D eigenvalue weighted by molar-refractivity contribution is 7.10. The topological polar surface area (TPSA) is 76.4 Å². The number of hydrogen-bond acceptors (Lipinski definition) is 5. The fraction of sp³-hybridized carbons (Fsp3) is 0.667. The maximum absolute atomic E-state index is 11.7. The Morgan fingerprint density at radius 3 is 2.57 bits per heavy atom. The summed E-state index contributed by atoms with van der Waals surface area (Å²) in [5.74, 6) is 0.390. The first-order valence-corrected chi connectivity index (χ1v) is 8.09. The summed E-state index contributed by atoms with van der Waals surface area (Å²) in [6.07, 6.45) is -0.384. The van der Waals surface area contributed by atoms with Crippen molar-refractivity contribution in [3.05, 3.63) is 16.3 Å². The Kier molecular flexibility index (Phi) is 6.48. The van der Waals surface area contributed by atoms with Gasteiger partial charge in [0, 0.05) is 29.7 Å². The minimum absolute atomic E-state index is 0.166. The molecule has 1 aromatic rings. The molecular formula is C15H27N3O2S. The van der Waals surface area contributed by atoms with Crippen LogP contribution in [0.1, 0.15) is 39.5 Å². The lowest BCUT2D eigenvalue weighted by Gasteiger charge is -2.24. The third-order valence-corrected chi connectivity index (χ3v) is 3.91. The number of ether oxygens (including phenoxy) is 1. The summed E-state index contributed by atoms with van der Waals surface area (Å²) in [6.45, 7) is 11.0. The van der Waals surface area contributed by atoms with E-state index in [0.29, 0.717) is 19.0 Å². The van der Waals surface area contributed by atoms with Gasteiger partial charge in [-0.05, 0) is 38.1 Å². The van der Waals surface area contributed by atoms with Gasteiger partial charge in [0.25, 0.3) is 0 Å². The van der Waals surface area contributed by atoms with E-state index in [4.69, 9.17) is 10.5 Å². The van der Waals surface area contributed by atoms with Crippen LogP contribution in [-0.4, -0.2) is 24.3 Å². The third kappa shape index (κ3) is 6.82. The van der Waals surface area contributed by atoms with Crippen LogP contribution in [0.5, 0.6) is 0 Å². The monoisotopic (exact) mass is 313 g/mol. The van der Waals surface area contributed by atoms with Gasteiger partial charge in [0.1, 0.15) is 5.60 Å². The summed E-state index contributed by atoms with van der Waals surface area (Å²) in [4.78, 5) is 12.8. The molecule has 6 heteroatoms. The highest BCUT2D eigenvalue weighted by Gasteiger charge is 2.19. The largest absolute Gasteiger partial charge is 0.444 e. The Morgan fingerprint density at radius 1 is 1.43 bits per heavy atom. The standard InChI is InChI=1S/C15H27N3O2S/c1-10(2)12(8-18-14(19)20-15(3,4)5)17-9-13-11(16)6-7-21-13/h6-7,10,12,17H,8-9,16H2,1-5H3,(H,18,19). The Balaban J connectivity index is 2.43. The molecular weight excluding hydrogens is 286 g/mol. The number of anilines is 1. The number of rotatable bonds is 6. The molecule has 0 bridgehead atoms. The molecule has 1 heterocycles. The summed E-state index contributed by atoms with van der Waals surface area (Å²) in [5, 5.41) is 8.24. The Labute approximate surface area is 131 Å². The van der Waals surface area contributed by atoms with Crippen LogP contribution >= 0.6 is 11.3 Å². The zero-order valence-electron chi connectivity index (χ0n) is 13.5. The summed E-state index contributed by atoms with van der Waals surface area (Å²) in [5.41, 5.74) is 6.21. The molecule has 0 radical (unpaired) electrons. The minimum Gasteiger partial charge on any atom is -0.444 e. The summed E-state index contributed by atoms with van der Waals surface area (Å²) in [7, 11) is 0. The zero-order chi connectivity index (χ0) is 16.0. The highest BCUT2D eigenvalue weighted by atomic mass is 32.1. The second kappa shape index (κ2) is 7.66. The van der Waals surface area contributed by atoms with Crippen LogP contribution in [0.15, 0.2) is 11.4 Å². The van der Waals surface area contributed by atoms with Gasteiger partial charge in [-0.15, -0.1) is 11.3 Å². The smallest absolute Gasteiger partial charge is 0.407 e. The number of nitrogens with two attached hydrogens (primary N) is 1. The third-order valence-electron chi connectivity index (χ3n) is 2.97. The lowest BCUT2D eigenvalue weighted by molar-refractivity contribution is 0.0519. The first kappa shape index (κ1) is 17.8. The van der Waals surface area contributed by atoms with Crippen molar-refractivity contribution in [3.8, 4) is 0 Å². The molecule has 5 nitrogen and oxygen atoms in total. The number of carbonyl (C=O) groups is 1. The minimum atomic E-state index is -0.476. The van der Waals surface area contributed by atoms with Crippen LogP contribution in [0.25, 0.3) is 0 Å². The van der Waals surface area contributed by atoms with E-state index in [1.807, 2.05) is 32.2 Å². The number of alkyl carbamates (subject to hydrolysis) is 1. The maximum atomic E-state index is 11.7. The van der Waals surface area contributed by atoms with Crippen molar-refractivity contribution in [3.63, 3.8) is 0 Å². The van der Waals surface area contributed by atoms with Crippen LogP contribution < -0.4 is 16.4 Å². The summed E-state index contributed by atoms with van der Waals surface area (Å²) >= 11 is 1.64. The van der Waals surface area contributed by atoms with Crippen LogP contribution in [0, 0.1) is 5.92 Å². The number of nitrogens with one attached hydrogen (secondary N) is 2. The first-order chi connectivity index (χ1) is 9.69. The van der Waals surface area contributed by atoms with E-state index in [-0.39, 0.29) is 12.1 Å². The van der Waals surface area contributed by atoms with E-state index in [1.54, 1.807) is 11.3 Å². The van der Waals surface area contributed by atoms with Crippen molar-refractivity contribution < 1.29 is 9.53 Å². The number of thiophene rings is 1. The van der Waals surface area contributed by atoms with Crippen LogP contribution in [0.3, 0.4) is 0 Å². The van der Waals surface area contributed by atoms with Crippen molar-refractivity contribution in [1.82, 2.24) is 10.6 Å². The number of carbonyl (C=O) groups excluding carboxylic acids is 1. The molecule has 4 N–H and O–H groups in total. The molecule has 0 saturated carbocycles. The van der Waals surface area contributed by atoms with Gasteiger partial charge >= 0.3 is 6.09 Å².